The number of aryl methyl sites for hydroxylation is 3. The number of ether oxygens (including phenoxy) is 1. The molecular weight excluding hydrogens is 494 g/mol. The number of alkyl halides is 2. The minimum absolute atomic E-state index is 0.153. The average molecular weight is 547 g/mol. The van der Waals surface area contributed by atoms with Gasteiger partial charge in [-0.3, -0.25) is 15.0 Å². The molecule has 0 amide bonds. The third-order valence-electron chi connectivity index (χ3n) is 5.03. The SMILES string of the molecule is CC.CC.CC.Cc1ccc(C(C)C)cn1.Cc1ccc(N2CCOCC2)cn1.Cc1ccnc(C(F)F)c1. The van der Waals surface area contributed by atoms with Crippen LogP contribution in [0.3, 0.4) is 0 Å². The van der Waals surface area contributed by atoms with Crippen molar-refractivity contribution < 1.29 is 13.5 Å². The molecule has 1 aliphatic heterocycles. The lowest BCUT2D eigenvalue weighted by Crippen LogP contribution is -2.36. The van der Waals surface area contributed by atoms with Crippen molar-refractivity contribution in [1.29, 1.82) is 0 Å². The topological polar surface area (TPSA) is 51.1 Å². The zero-order valence-electron chi connectivity index (χ0n) is 26.1. The van der Waals surface area contributed by atoms with Gasteiger partial charge in [-0.2, -0.15) is 0 Å². The Balaban J connectivity index is 0. The predicted octanol–water partition coefficient (Wildman–Crippen LogP) is 9.15. The molecular formula is C32H52F2N4O. The summed E-state index contributed by atoms with van der Waals surface area (Å²) in [4.78, 5) is 14.3. The van der Waals surface area contributed by atoms with Crippen LogP contribution in [0.15, 0.2) is 55.0 Å². The van der Waals surface area contributed by atoms with Crippen LogP contribution in [0.2, 0.25) is 0 Å². The molecule has 0 aliphatic carbocycles. The molecule has 0 saturated carbocycles. The molecule has 0 atom stereocenters. The molecule has 4 heterocycles. The lowest BCUT2D eigenvalue weighted by atomic mass is 10.1. The van der Waals surface area contributed by atoms with Crippen LogP contribution in [0.25, 0.3) is 0 Å². The lowest BCUT2D eigenvalue weighted by molar-refractivity contribution is 0.122. The van der Waals surface area contributed by atoms with Crippen molar-refractivity contribution in [3.63, 3.8) is 0 Å². The summed E-state index contributed by atoms with van der Waals surface area (Å²) in [7, 11) is 0. The number of rotatable bonds is 3. The molecule has 0 spiro atoms. The van der Waals surface area contributed by atoms with Crippen molar-refractivity contribution >= 4 is 5.69 Å². The Bertz CT molecular complexity index is 943. The Morgan fingerprint density at radius 2 is 1.28 bits per heavy atom. The summed E-state index contributed by atoms with van der Waals surface area (Å²) in [5, 5.41) is 0. The molecule has 0 radical (unpaired) electrons. The normalized spacial score (nSPS) is 11.6. The first-order valence-corrected chi connectivity index (χ1v) is 14.1. The molecule has 0 N–H and O–H groups in total. The number of halogens is 2. The molecule has 3 aromatic rings. The number of morpholine rings is 1. The molecule has 3 aromatic heterocycles. The first-order chi connectivity index (χ1) is 18.8. The molecule has 1 fully saturated rings. The molecule has 5 nitrogen and oxygen atoms in total. The first-order valence-electron chi connectivity index (χ1n) is 14.1. The highest BCUT2D eigenvalue weighted by Gasteiger charge is 2.10. The third-order valence-corrected chi connectivity index (χ3v) is 5.03. The van der Waals surface area contributed by atoms with Crippen molar-refractivity contribution in [2.45, 2.75) is 88.5 Å². The second-order valence-electron chi connectivity index (χ2n) is 8.20. The highest BCUT2D eigenvalue weighted by molar-refractivity contribution is 5.44. The van der Waals surface area contributed by atoms with Gasteiger partial charge >= 0.3 is 0 Å². The van der Waals surface area contributed by atoms with Crippen molar-refractivity contribution in [1.82, 2.24) is 15.0 Å². The Kier molecular flexibility index (Phi) is 23.7. The summed E-state index contributed by atoms with van der Waals surface area (Å²) in [6.07, 6.45) is 2.80. The van der Waals surface area contributed by atoms with Crippen LogP contribution in [0.1, 0.15) is 95.9 Å². The number of pyridine rings is 3. The van der Waals surface area contributed by atoms with Gasteiger partial charge in [0, 0.05) is 36.9 Å². The maximum atomic E-state index is 11.9. The van der Waals surface area contributed by atoms with Crippen LogP contribution in [-0.4, -0.2) is 41.3 Å². The highest BCUT2D eigenvalue weighted by Crippen LogP contribution is 2.16. The van der Waals surface area contributed by atoms with Crippen LogP contribution in [0.4, 0.5) is 14.5 Å². The van der Waals surface area contributed by atoms with E-state index in [1.807, 2.05) is 73.8 Å². The summed E-state index contributed by atoms with van der Waals surface area (Å²) in [5.74, 6) is 0.591. The number of hydrogen-bond acceptors (Lipinski definition) is 5. The summed E-state index contributed by atoms with van der Waals surface area (Å²) in [6.45, 7) is 25.7. The fourth-order valence-corrected chi connectivity index (χ4v) is 2.97. The minimum Gasteiger partial charge on any atom is -0.378 e. The molecule has 0 bridgehead atoms. The first kappa shape index (κ1) is 38.2. The minimum atomic E-state index is -2.46. The van der Waals surface area contributed by atoms with Crippen LogP contribution in [0, 0.1) is 20.8 Å². The number of anilines is 1. The van der Waals surface area contributed by atoms with Crippen molar-refractivity contribution in [2.24, 2.45) is 0 Å². The molecule has 220 valence electrons. The van der Waals surface area contributed by atoms with Crippen LogP contribution < -0.4 is 4.90 Å². The maximum absolute atomic E-state index is 11.9. The Hall–Kier alpha value is -2.93. The number of aromatic nitrogens is 3. The standard InChI is InChI=1S/C10H14N2O.C9H13N.C7H7F2N.3C2H6/c1-9-2-3-10(8-11-9)12-4-6-13-7-5-12;1-7(2)9-5-4-8(3)10-6-9;1-5-2-3-10-6(4-5)7(8)9;3*1-2/h2-3,8H,4-7H2,1H3;4-7H,1-3H3;2-4,7H,1H3;3*1-2H3. The lowest BCUT2D eigenvalue weighted by Gasteiger charge is -2.28. The van der Waals surface area contributed by atoms with Gasteiger partial charge in [0.1, 0.15) is 5.69 Å². The summed E-state index contributed by atoms with van der Waals surface area (Å²) in [6, 6.07) is 11.4. The van der Waals surface area contributed by atoms with E-state index < -0.39 is 6.43 Å². The molecule has 39 heavy (non-hydrogen) atoms. The van der Waals surface area contributed by atoms with E-state index in [0.717, 1.165) is 43.3 Å². The van der Waals surface area contributed by atoms with Gasteiger partial charge in [0.2, 0.25) is 0 Å². The van der Waals surface area contributed by atoms with Gasteiger partial charge in [-0.05, 0) is 68.1 Å². The van der Waals surface area contributed by atoms with Gasteiger partial charge in [0.05, 0.1) is 25.1 Å². The summed E-state index contributed by atoms with van der Waals surface area (Å²) < 4.78 is 29.1. The molecule has 0 unspecified atom stereocenters. The van der Waals surface area contributed by atoms with Crippen LogP contribution in [0.5, 0.6) is 0 Å². The Labute approximate surface area is 237 Å². The van der Waals surface area contributed by atoms with E-state index in [2.05, 4.69) is 51.9 Å². The largest absolute Gasteiger partial charge is 0.378 e. The van der Waals surface area contributed by atoms with Gasteiger partial charge in [-0.15, -0.1) is 0 Å². The van der Waals surface area contributed by atoms with Gasteiger partial charge in [0.15, 0.2) is 0 Å². The Morgan fingerprint density at radius 3 is 1.67 bits per heavy atom. The number of nitrogens with zero attached hydrogens (tertiary/aromatic N) is 4. The van der Waals surface area contributed by atoms with Crippen LogP contribution in [-0.2, 0) is 4.74 Å². The monoisotopic (exact) mass is 546 g/mol. The van der Waals surface area contributed by atoms with Gasteiger partial charge < -0.3 is 9.64 Å². The van der Waals surface area contributed by atoms with Crippen molar-refractivity contribution in [3.8, 4) is 0 Å². The van der Waals surface area contributed by atoms with E-state index in [9.17, 15) is 8.78 Å². The second-order valence-corrected chi connectivity index (χ2v) is 8.20. The van der Waals surface area contributed by atoms with E-state index >= 15 is 0 Å². The van der Waals surface area contributed by atoms with E-state index in [-0.39, 0.29) is 5.69 Å². The summed E-state index contributed by atoms with van der Waals surface area (Å²) >= 11 is 0. The van der Waals surface area contributed by atoms with E-state index in [1.54, 1.807) is 13.0 Å². The fourth-order valence-electron chi connectivity index (χ4n) is 2.97. The highest BCUT2D eigenvalue weighted by atomic mass is 19.3. The van der Waals surface area contributed by atoms with E-state index in [0.29, 0.717) is 5.92 Å². The maximum Gasteiger partial charge on any atom is 0.280 e. The quantitative estimate of drug-likeness (QED) is 0.328. The van der Waals surface area contributed by atoms with Gasteiger partial charge in [0.25, 0.3) is 6.43 Å². The zero-order valence-corrected chi connectivity index (χ0v) is 26.1. The average Bonchev–Trinajstić information content (AvgIpc) is 2.98. The molecule has 7 heteroatoms. The summed E-state index contributed by atoms with van der Waals surface area (Å²) in [5.41, 5.74) is 5.33. The molecule has 0 aromatic carbocycles. The van der Waals surface area contributed by atoms with Gasteiger partial charge in [-0.1, -0.05) is 61.5 Å². The molecule has 1 saturated heterocycles. The van der Waals surface area contributed by atoms with E-state index in [4.69, 9.17) is 4.74 Å². The van der Waals surface area contributed by atoms with E-state index in [1.165, 1.54) is 23.5 Å². The second kappa shape index (κ2) is 24.1. The molecule has 4 rings (SSSR count). The van der Waals surface area contributed by atoms with Crippen molar-refractivity contribution in [3.05, 3.63) is 83.2 Å². The third kappa shape index (κ3) is 17.3. The predicted molar refractivity (Wildman–Crippen MR) is 163 cm³/mol. The molecule has 1 aliphatic rings. The van der Waals surface area contributed by atoms with Crippen molar-refractivity contribution in [2.75, 3.05) is 31.2 Å². The van der Waals surface area contributed by atoms with Crippen LogP contribution >= 0.6 is 0 Å². The van der Waals surface area contributed by atoms with Gasteiger partial charge in [-0.25, -0.2) is 8.78 Å². The fraction of sp³-hybridized carbons (Fsp3) is 0.531. The smallest absolute Gasteiger partial charge is 0.280 e. The Morgan fingerprint density at radius 1 is 0.744 bits per heavy atom. The zero-order chi connectivity index (χ0) is 30.2. The number of hydrogen-bond donors (Lipinski definition) is 0.